The molecule has 2 atom stereocenters. The summed E-state index contributed by atoms with van der Waals surface area (Å²) in [5.74, 6) is 7.27. The van der Waals surface area contributed by atoms with Gasteiger partial charge in [0.05, 0.1) is 4.34 Å². The first-order valence-electron chi connectivity index (χ1n) is 4.88. The van der Waals surface area contributed by atoms with Crippen molar-refractivity contribution in [1.29, 1.82) is 0 Å². The highest BCUT2D eigenvalue weighted by atomic mass is 35.5. The van der Waals surface area contributed by atoms with E-state index in [-0.39, 0.29) is 0 Å². The quantitative estimate of drug-likeness (QED) is 0.649. The molecular formula is C12H15ClS. The van der Waals surface area contributed by atoms with Crippen LogP contribution in [-0.2, 0) is 0 Å². The Hall–Kier alpha value is -0.450. The first-order chi connectivity index (χ1) is 6.65. The van der Waals surface area contributed by atoms with Crippen LogP contribution < -0.4 is 0 Å². The zero-order valence-electron chi connectivity index (χ0n) is 8.80. The van der Waals surface area contributed by atoms with E-state index >= 15 is 0 Å². The van der Waals surface area contributed by atoms with Crippen LogP contribution >= 0.6 is 22.9 Å². The number of hydrogen-bond acceptors (Lipinski definition) is 1. The molecule has 1 aromatic heterocycles. The van der Waals surface area contributed by atoms with E-state index in [4.69, 9.17) is 11.6 Å². The average molecular weight is 227 g/mol. The molecule has 0 N–H and O–H groups in total. The lowest BCUT2D eigenvalue weighted by Crippen LogP contribution is -2.01. The first-order valence-corrected chi connectivity index (χ1v) is 6.08. The highest BCUT2D eigenvalue weighted by Gasteiger charge is 2.13. The highest BCUT2D eigenvalue weighted by Crippen LogP contribution is 2.32. The molecule has 0 bridgehead atoms. The molecule has 0 aliphatic carbocycles. The molecule has 0 saturated heterocycles. The Morgan fingerprint density at radius 1 is 1.43 bits per heavy atom. The van der Waals surface area contributed by atoms with E-state index in [2.05, 4.69) is 38.7 Å². The lowest BCUT2D eigenvalue weighted by Gasteiger charge is -2.12. The summed E-state index contributed by atoms with van der Waals surface area (Å²) in [7, 11) is 0. The van der Waals surface area contributed by atoms with Crippen LogP contribution in [0.3, 0.4) is 0 Å². The van der Waals surface area contributed by atoms with Gasteiger partial charge in [0.15, 0.2) is 0 Å². The van der Waals surface area contributed by atoms with E-state index in [9.17, 15) is 0 Å². The SMILES string of the molecule is CCC#CC(C)C(C)c1ccc(Cl)s1. The van der Waals surface area contributed by atoms with Crippen molar-refractivity contribution >= 4 is 22.9 Å². The van der Waals surface area contributed by atoms with Crippen LogP contribution in [0.15, 0.2) is 12.1 Å². The van der Waals surface area contributed by atoms with Gasteiger partial charge in [-0.3, -0.25) is 0 Å². The molecule has 0 aromatic carbocycles. The maximum absolute atomic E-state index is 5.90. The lowest BCUT2D eigenvalue weighted by molar-refractivity contribution is 0.619. The van der Waals surface area contributed by atoms with Crippen LogP contribution in [0.4, 0.5) is 0 Å². The molecule has 1 rings (SSSR count). The van der Waals surface area contributed by atoms with Gasteiger partial charge in [-0.1, -0.05) is 38.3 Å². The van der Waals surface area contributed by atoms with Crippen molar-refractivity contribution in [2.24, 2.45) is 5.92 Å². The minimum Gasteiger partial charge on any atom is -0.128 e. The normalized spacial score (nSPS) is 14.3. The second-order valence-corrected chi connectivity index (χ2v) is 5.14. The standard InChI is InChI=1S/C12H15ClS/c1-4-5-6-9(2)10(3)11-7-8-12(13)14-11/h7-10H,4H2,1-3H3. The van der Waals surface area contributed by atoms with Crippen LogP contribution in [0.2, 0.25) is 4.34 Å². The Kier molecular flexibility index (Phi) is 4.51. The van der Waals surface area contributed by atoms with Crippen molar-refractivity contribution in [2.45, 2.75) is 33.1 Å². The molecule has 1 aromatic rings. The summed E-state index contributed by atoms with van der Waals surface area (Å²) in [6.45, 7) is 6.45. The van der Waals surface area contributed by atoms with E-state index in [1.165, 1.54) is 4.88 Å². The van der Waals surface area contributed by atoms with Crippen LogP contribution in [0.25, 0.3) is 0 Å². The van der Waals surface area contributed by atoms with Gasteiger partial charge in [-0.05, 0) is 12.1 Å². The van der Waals surface area contributed by atoms with E-state index in [1.807, 2.05) is 6.07 Å². The van der Waals surface area contributed by atoms with Crippen molar-refractivity contribution in [1.82, 2.24) is 0 Å². The Morgan fingerprint density at radius 3 is 2.64 bits per heavy atom. The number of hydrogen-bond donors (Lipinski definition) is 0. The largest absolute Gasteiger partial charge is 0.128 e. The molecule has 0 aliphatic rings. The number of halogens is 1. The van der Waals surface area contributed by atoms with Crippen molar-refractivity contribution in [3.05, 3.63) is 21.3 Å². The monoisotopic (exact) mass is 226 g/mol. The molecule has 0 amide bonds. The van der Waals surface area contributed by atoms with E-state index in [1.54, 1.807) is 11.3 Å². The van der Waals surface area contributed by atoms with Gasteiger partial charge in [-0.2, -0.15) is 0 Å². The lowest BCUT2D eigenvalue weighted by atomic mass is 9.95. The Morgan fingerprint density at radius 2 is 2.14 bits per heavy atom. The summed E-state index contributed by atoms with van der Waals surface area (Å²) >= 11 is 7.55. The fraction of sp³-hybridized carbons (Fsp3) is 0.500. The second-order valence-electron chi connectivity index (χ2n) is 3.39. The van der Waals surface area contributed by atoms with Crippen molar-refractivity contribution in [3.63, 3.8) is 0 Å². The van der Waals surface area contributed by atoms with Gasteiger partial charge < -0.3 is 0 Å². The molecule has 0 nitrogen and oxygen atoms in total. The predicted octanol–water partition coefficient (Wildman–Crippen LogP) is 4.55. The molecule has 14 heavy (non-hydrogen) atoms. The summed E-state index contributed by atoms with van der Waals surface area (Å²) < 4.78 is 0.863. The summed E-state index contributed by atoms with van der Waals surface area (Å²) in [4.78, 5) is 1.33. The minimum absolute atomic E-state index is 0.407. The summed E-state index contributed by atoms with van der Waals surface area (Å²) in [6.07, 6.45) is 0.933. The van der Waals surface area contributed by atoms with Gasteiger partial charge in [0.2, 0.25) is 0 Å². The fourth-order valence-corrected chi connectivity index (χ4v) is 2.43. The van der Waals surface area contributed by atoms with Gasteiger partial charge in [0.25, 0.3) is 0 Å². The van der Waals surface area contributed by atoms with Gasteiger partial charge in [-0.15, -0.1) is 17.3 Å². The molecule has 2 unspecified atom stereocenters. The number of thiophene rings is 1. The van der Waals surface area contributed by atoms with Gasteiger partial charge in [0.1, 0.15) is 0 Å². The fourth-order valence-electron chi connectivity index (χ4n) is 1.21. The first kappa shape index (κ1) is 11.6. The van der Waals surface area contributed by atoms with E-state index < -0.39 is 0 Å². The van der Waals surface area contributed by atoms with Gasteiger partial charge in [-0.25, -0.2) is 0 Å². The number of rotatable bonds is 2. The smallest absolute Gasteiger partial charge is 0.0931 e. The Bertz CT molecular complexity index is 343. The molecule has 1 heterocycles. The Labute approximate surface area is 95.3 Å². The second kappa shape index (κ2) is 5.44. The molecular weight excluding hydrogens is 212 g/mol. The van der Waals surface area contributed by atoms with Crippen LogP contribution in [0.1, 0.15) is 38.0 Å². The topological polar surface area (TPSA) is 0 Å². The molecule has 0 radical (unpaired) electrons. The summed E-state index contributed by atoms with van der Waals surface area (Å²) in [6, 6.07) is 4.06. The van der Waals surface area contributed by atoms with Crippen molar-refractivity contribution < 1.29 is 0 Å². The van der Waals surface area contributed by atoms with Crippen LogP contribution in [0, 0.1) is 17.8 Å². The summed E-state index contributed by atoms with van der Waals surface area (Å²) in [5, 5.41) is 0. The van der Waals surface area contributed by atoms with Crippen molar-refractivity contribution in [2.75, 3.05) is 0 Å². The molecule has 0 spiro atoms. The Balaban J connectivity index is 2.69. The van der Waals surface area contributed by atoms with Gasteiger partial charge in [0, 0.05) is 23.1 Å². The molecule has 0 saturated carbocycles. The molecule has 0 aliphatic heterocycles. The third kappa shape index (κ3) is 3.04. The van der Waals surface area contributed by atoms with Crippen LogP contribution in [0.5, 0.6) is 0 Å². The van der Waals surface area contributed by atoms with E-state index in [0.29, 0.717) is 11.8 Å². The zero-order chi connectivity index (χ0) is 10.6. The maximum atomic E-state index is 5.90. The molecule has 76 valence electrons. The molecule has 0 fully saturated rings. The van der Waals surface area contributed by atoms with Crippen LogP contribution in [-0.4, -0.2) is 0 Å². The third-order valence-electron chi connectivity index (χ3n) is 2.30. The maximum Gasteiger partial charge on any atom is 0.0931 e. The molecule has 2 heteroatoms. The third-order valence-corrected chi connectivity index (χ3v) is 3.73. The summed E-state index contributed by atoms with van der Waals surface area (Å²) in [5.41, 5.74) is 0. The van der Waals surface area contributed by atoms with Gasteiger partial charge >= 0.3 is 0 Å². The predicted molar refractivity (Wildman–Crippen MR) is 65.0 cm³/mol. The minimum atomic E-state index is 0.407. The van der Waals surface area contributed by atoms with E-state index in [0.717, 1.165) is 10.8 Å². The highest BCUT2D eigenvalue weighted by molar-refractivity contribution is 7.16. The van der Waals surface area contributed by atoms with Crippen molar-refractivity contribution in [3.8, 4) is 11.8 Å². The average Bonchev–Trinajstić information content (AvgIpc) is 2.60. The zero-order valence-corrected chi connectivity index (χ0v) is 10.4.